The zero-order valence-corrected chi connectivity index (χ0v) is 10.6. The quantitative estimate of drug-likeness (QED) is 0.731. The first-order chi connectivity index (χ1) is 8.88. The second-order valence-corrected chi connectivity index (χ2v) is 4.44. The molecular formula is C14H19N3O. The average Bonchev–Trinajstić information content (AvgIpc) is 2.42. The number of rotatable bonds is 5. The summed E-state index contributed by atoms with van der Waals surface area (Å²) in [5.41, 5.74) is 0. The molecular weight excluding hydrogens is 226 g/mol. The van der Waals surface area contributed by atoms with E-state index in [2.05, 4.69) is 15.9 Å². The van der Waals surface area contributed by atoms with Gasteiger partial charge in [-0.3, -0.25) is 9.80 Å². The van der Waals surface area contributed by atoms with Crippen LogP contribution in [0.5, 0.6) is 5.75 Å². The Balaban J connectivity index is 1.63. The molecule has 1 aromatic rings. The molecule has 0 aromatic heterocycles. The lowest BCUT2D eigenvalue weighted by Crippen LogP contribution is -2.47. The number of ether oxygens (including phenoxy) is 1. The van der Waals surface area contributed by atoms with Crippen molar-refractivity contribution in [2.24, 2.45) is 0 Å². The fourth-order valence-electron chi connectivity index (χ4n) is 2.08. The monoisotopic (exact) mass is 245 g/mol. The molecule has 1 aliphatic heterocycles. The molecule has 1 saturated heterocycles. The summed E-state index contributed by atoms with van der Waals surface area (Å²) in [6.45, 7) is 6.25. The van der Waals surface area contributed by atoms with Crippen LogP contribution in [0.25, 0.3) is 0 Å². The SMILES string of the molecule is N#CCN1CCN(CCOc2ccccc2)CC1. The predicted molar refractivity (Wildman–Crippen MR) is 70.4 cm³/mol. The van der Waals surface area contributed by atoms with Gasteiger partial charge in [0, 0.05) is 32.7 Å². The second-order valence-electron chi connectivity index (χ2n) is 4.44. The molecule has 0 spiro atoms. The summed E-state index contributed by atoms with van der Waals surface area (Å²) in [4.78, 5) is 4.57. The van der Waals surface area contributed by atoms with E-state index < -0.39 is 0 Å². The maximum Gasteiger partial charge on any atom is 0.119 e. The highest BCUT2D eigenvalue weighted by Crippen LogP contribution is 2.08. The van der Waals surface area contributed by atoms with Crippen LogP contribution in [0.2, 0.25) is 0 Å². The molecule has 0 atom stereocenters. The van der Waals surface area contributed by atoms with Crippen molar-refractivity contribution in [2.45, 2.75) is 0 Å². The number of hydrogen-bond acceptors (Lipinski definition) is 4. The zero-order chi connectivity index (χ0) is 12.6. The number of piperazine rings is 1. The van der Waals surface area contributed by atoms with Gasteiger partial charge in [-0.15, -0.1) is 0 Å². The van der Waals surface area contributed by atoms with Gasteiger partial charge in [0.15, 0.2) is 0 Å². The van der Waals surface area contributed by atoms with Gasteiger partial charge in [0.25, 0.3) is 0 Å². The summed E-state index contributed by atoms with van der Waals surface area (Å²) in [5.74, 6) is 0.931. The maximum atomic E-state index is 8.63. The number of para-hydroxylation sites is 1. The van der Waals surface area contributed by atoms with Gasteiger partial charge in [-0.05, 0) is 12.1 Å². The highest BCUT2D eigenvalue weighted by Gasteiger charge is 2.15. The van der Waals surface area contributed by atoms with Crippen LogP contribution in [0.15, 0.2) is 30.3 Å². The van der Waals surface area contributed by atoms with Crippen LogP contribution in [0.4, 0.5) is 0 Å². The molecule has 4 nitrogen and oxygen atoms in total. The molecule has 18 heavy (non-hydrogen) atoms. The topological polar surface area (TPSA) is 39.5 Å². The molecule has 2 rings (SSSR count). The first kappa shape index (κ1) is 12.9. The Hall–Kier alpha value is -1.57. The van der Waals surface area contributed by atoms with E-state index in [1.807, 2.05) is 30.3 Å². The first-order valence-corrected chi connectivity index (χ1v) is 6.38. The Morgan fingerprint density at radius 2 is 1.72 bits per heavy atom. The van der Waals surface area contributed by atoms with Crippen molar-refractivity contribution in [3.8, 4) is 11.8 Å². The normalized spacial score (nSPS) is 17.3. The number of benzene rings is 1. The van der Waals surface area contributed by atoms with Gasteiger partial charge in [-0.2, -0.15) is 5.26 Å². The van der Waals surface area contributed by atoms with Crippen LogP contribution in [0.1, 0.15) is 0 Å². The van der Waals surface area contributed by atoms with Gasteiger partial charge in [-0.25, -0.2) is 0 Å². The smallest absolute Gasteiger partial charge is 0.119 e. The van der Waals surface area contributed by atoms with E-state index in [4.69, 9.17) is 10.00 Å². The molecule has 96 valence electrons. The Kier molecular flexibility index (Phi) is 5.00. The van der Waals surface area contributed by atoms with Crippen LogP contribution < -0.4 is 4.74 Å². The zero-order valence-electron chi connectivity index (χ0n) is 10.6. The Bertz CT molecular complexity index is 380. The van der Waals surface area contributed by atoms with Gasteiger partial charge in [0.1, 0.15) is 12.4 Å². The van der Waals surface area contributed by atoms with Gasteiger partial charge in [0.2, 0.25) is 0 Å². The van der Waals surface area contributed by atoms with Crippen molar-refractivity contribution in [3.05, 3.63) is 30.3 Å². The van der Waals surface area contributed by atoms with Crippen LogP contribution >= 0.6 is 0 Å². The Morgan fingerprint density at radius 1 is 1.06 bits per heavy atom. The van der Waals surface area contributed by atoms with Gasteiger partial charge < -0.3 is 4.74 Å². The number of nitriles is 1. The molecule has 1 aliphatic rings. The molecule has 1 aromatic carbocycles. The Labute approximate surface area is 108 Å². The fourth-order valence-corrected chi connectivity index (χ4v) is 2.08. The van der Waals surface area contributed by atoms with E-state index in [9.17, 15) is 0 Å². The summed E-state index contributed by atoms with van der Waals surface area (Å²) in [6, 6.07) is 12.1. The molecule has 0 amide bonds. The van der Waals surface area contributed by atoms with Crippen molar-refractivity contribution in [1.29, 1.82) is 5.26 Å². The third kappa shape index (κ3) is 4.02. The van der Waals surface area contributed by atoms with Crippen LogP contribution in [-0.2, 0) is 0 Å². The third-order valence-electron chi connectivity index (χ3n) is 3.18. The summed E-state index contributed by atoms with van der Waals surface area (Å²) in [5, 5.41) is 8.63. The third-order valence-corrected chi connectivity index (χ3v) is 3.18. The van der Waals surface area contributed by atoms with E-state index in [-0.39, 0.29) is 0 Å². The van der Waals surface area contributed by atoms with Crippen LogP contribution in [-0.4, -0.2) is 55.7 Å². The molecule has 1 heterocycles. The minimum atomic E-state index is 0.550. The summed E-state index contributed by atoms with van der Waals surface area (Å²) < 4.78 is 5.68. The largest absolute Gasteiger partial charge is 0.492 e. The molecule has 1 fully saturated rings. The first-order valence-electron chi connectivity index (χ1n) is 6.38. The molecule has 0 bridgehead atoms. The van der Waals surface area contributed by atoms with Crippen molar-refractivity contribution in [1.82, 2.24) is 9.80 Å². The lowest BCUT2D eigenvalue weighted by atomic mass is 10.3. The van der Waals surface area contributed by atoms with E-state index >= 15 is 0 Å². The minimum Gasteiger partial charge on any atom is -0.492 e. The molecule has 0 aliphatic carbocycles. The standard InChI is InChI=1S/C14H19N3O/c15-6-7-16-8-10-17(11-9-16)12-13-18-14-4-2-1-3-5-14/h1-5H,7-13H2. The van der Waals surface area contributed by atoms with E-state index in [0.717, 1.165) is 45.1 Å². The number of nitrogens with zero attached hydrogens (tertiary/aromatic N) is 3. The molecule has 4 heteroatoms. The van der Waals surface area contributed by atoms with Crippen LogP contribution in [0, 0.1) is 11.3 Å². The highest BCUT2D eigenvalue weighted by molar-refractivity contribution is 5.20. The lowest BCUT2D eigenvalue weighted by Gasteiger charge is -2.33. The van der Waals surface area contributed by atoms with E-state index in [1.54, 1.807) is 0 Å². The molecule has 0 saturated carbocycles. The highest BCUT2D eigenvalue weighted by atomic mass is 16.5. The predicted octanol–water partition coefficient (Wildman–Crippen LogP) is 1.21. The maximum absolute atomic E-state index is 8.63. The summed E-state index contributed by atoms with van der Waals surface area (Å²) in [6.07, 6.45) is 0. The van der Waals surface area contributed by atoms with Crippen LogP contribution in [0.3, 0.4) is 0 Å². The van der Waals surface area contributed by atoms with E-state index in [1.165, 1.54) is 0 Å². The van der Waals surface area contributed by atoms with E-state index in [0.29, 0.717) is 6.54 Å². The molecule has 0 unspecified atom stereocenters. The summed E-state index contributed by atoms with van der Waals surface area (Å²) in [7, 11) is 0. The molecule has 0 radical (unpaired) electrons. The van der Waals surface area contributed by atoms with Gasteiger partial charge in [-0.1, -0.05) is 18.2 Å². The summed E-state index contributed by atoms with van der Waals surface area (Å²) >= 11 is 0. The minimum absolute atomic E-state index is 0.550. The second kappa shape index (κ2) is 7.00. The van der Waals surface area contributed by atoms with Crippen molar-refractivity contribution in [2.75, 3.05) is 45.9 Å². The average molecular weight is 245 g/mol. The Morgan fingerprint density at radius 3 is 2.39 bits per heavy atom. The van der Waals surface area contributed by atoms with Crippen molar-refractivity contribution < 1.29 is 4.74 Å². The van der Waals surface area contributed by atoms with Gasteiger partial charge >= 0.3 is 0 Å². The lowest BCUT2D eigenvalue weighted by molar-refractivity contribution is 0.126. The van der Waals surface area contributed by atoms with Crippen molar-refractivity contribution >= 4 is 0 Å². The fraction of sp³-hybridized carbons (Fsp3) is 0.500. The number of hydrogen-bond donors (Lipinski definition) is 0. The van der Waals surface area contributed by atoms with Crippen molar-refractivity contribution in [3.63, 3.8) is 0 Å². The van der Waals surface area contributed by atoms with Gasteiger partial charge in [0.05, 0.1) is 12.6 Å². The molecule has 0 N–H and O–H groups in total.